The van der Waals surface area contributed by atoms with Crippen LogP contribution >= 0.6 is 11.3 Å². The van der Waals surface area contributed by atoms with Crippen molar-refractivity contribution in [2.75, 3.05) is 0 Å². The Morgan fingerprint density at radius 3 is 2.45 bits per heavy atom. The zero-order valence-corrected chi connectivity index (χ0v) is 18.9. The molecule has 2 aromatic carbocycles. The second-order valence-electron chi connectivity index (χ2n) is 6.84. The number of benzene rings is 2. The molecule has 0 radical (unpaired) electrons. The predicted octanol–water partition coefficient (Wildman–Crippen LogP) is 7.28. The van der Waals surface area contributed by atoms with E-state index in [4.69, 9.17) is 4.74 Å². The van der Waals surface area contributed by atoms with E-state index >= 15 is 0 Å². The summed E-state index contributed by atoms with van der Waals surface area (Å²) in [7, 11) is 0. The van der Waals surface area contributed by atoms with Crippen LogP contribution < -0.4 is 0 Å². The van der Waals surface area contributed by atoms with E-state index in [1.807, 2.05) is 52.8 Å². The number of halogens is 1. The summed E-state index contributed by atoms with van der Waals surface area (Å²) in [6.07, 6.45) is 1.30. The van der Waals surface area contributed by atoms with Crippen LogP contribution in [0.2, 0.25) is 0 Å². The third-order valence-electron chi connectivity index (χ3n) is 4.77. The molecule has 1 aliphatic heterocycles. The van der Waals surface area contributed by atoms with E-state index < -0.39 is 0 Å². The summed E-state index contributed by atoms with van der Waals surface area (Å²) in [6.45, 7) is 9.97. The van der Waals surface area contributed by atoms with Crippen molar-refractivity contribution < 1.29 is 14.2 Å². The molecule has 1 aliphatic rings. The fraction of sp³-hybridized carbons (Fsp3) is 0.440. The first-order valence-electron chi connectivity index (χ1n) is 10.7. The summed E-state index contributed by atoms with van der Waals surface area (Å²) in [6, 6.07) is 15.6. The molecule has 2 heterocycles. The Balaban J connectivity index is 0.000000707. The zero-order valence-electron chi connectivity index (χ0n) is 18.1. The average molecular weight is 417 g/mol. The molecule has 1 fully saturated rings. The molecule has 1 N–H and O–H groups in total. The van der Waals surface area contributed by atoms with Crippen LogP contribution in [0.3, 0.4) is 0 Å². The van der Waals surface area contributed by atoms with Gasteiger partial charge in [0.25, 0.3) is 0 Å². The highest BCUT2D eigenvalue weighted by Crippen LogP contribution is 2.33. The van der Waals surface area contributed by atoms with Crippen LogP contribution in [0.15, 0.2) is 48.5 Å². The molecule has 2 nitrogen and oxygen atoms in total. The van der Waals surface area contributed by atoms with Gasteiger partial charge in [-0.3, -0.25) is 0 Å². The van der Waals surface area contributed by atoms with E-state index in [2.05, 4.69) is 18.2 Å². The normalized spacial score (nSPS) is 21.0. The van der Waals surface area contributed by atoms with Gasteiger partial charge in [0.15, 0.2) is 0 Å². The smallest absolute Gasteiger partial charge is 0.126 e. The molecule has 0 spiro atoms. The summed E-state index contributed by atoms with van der Waals surface area (Å²) in [5.41, 5.74) is 1.63. The lowest BCUT2D eigenvalue weighted by atomic mass is 9.95. The Kier molecular flexibility index (Phi) is 9.28. The van der Waals surface area contributed by atoms with Crippen molar-refractivity contribution in [3.63, 3.8) is 0 Å². The van der Waals surface area contributed by atoms with Crippen LogP contribution in [-0.4, -0.2) is 17.3 Å². The molecule has 158 valence electrons. The number of rotatable bonds is 3. The Labute approximate surface area is 178 Å². The minimum absolute atomic E-state index is 0.0184. The third kappa shape index (κ3) is 6.11. The Morgan fingerprint density at radius 2 is 1.76 bits per heavy atom. The minimum atomic E-state index is -0.357. The van der Waals surface area contributed by atoms with Crippen LogP contribution in [0.25, 0.3) is 10.1 Å². The van der Waals surface area contributed by atoms with Gasteiger partial charge in [0, 0.05) is 22.4 Å². The molecular weight excluding hydrogens is 383 g/mol. The molecule has 4 heteroatoms. The third-order valence-corrected chi connectivity index (χ3v) is 5.89. The van der Waals surface area contributed by atoms with Crippen molar-refractivity contribution >= 4 is 21.4 Å². The van der Waals surface area contributed by atoms with Gasteiger partial charge in [0.1, 0.15) is 5.82 Å². The second kappa shape index (κ2) is 11.4. The van der Waals surface area contributed by atoms with Gasteiger partial charge in [-0.05, 0) is 54.1 Å². The first-order valence-corrected chi connectivity index (χ1v) is 11.5. The van der Waals surface area contributed by atoms with E-state index in [-0.39, 0.29) is 24.1 Å². The van der Waals surface area contributed by atoms with Crippen LogP contribution in [0, 0.1) is 5.82 Å². The number of hydrogen-bond donors (Lipinski definition) is 1. The standard InChI is InChI=1S/C21H21FO2S.2C2H6/c1-13-8-17(23)12-20(24-13)14-6-7-19(22)16(9-14)11-18-10-15-4-2-3-5-21(15)25-18;2*1-2/h2-7,9-10,13,17,20,23H,8,11-12H2,1H3;2*1-2H3/t13-,17+,20-;;/m1../s1. The lowest BCUT2D eigenvalue weighted by Gasteiger charge is -2.31. The van der Waals surface area contributed by atoms with Gasteiger partial charge in [0.2, 0.25) is 0 Å². The lowest BCUT2D eigenvalue weighted by Crippen LogP contribution is -2.29. The molecule has 3 aromatic rings. The monoisotopic (exact) mass is 416 g/mol. The molecule has 1 saturated heterocycles. The molecule has 0 unspecified atom stereocenters. The van der Waals surface area contributed by atoms with Gasteiger partial charge < -0.3 is 9.84 Å². The summed E-state index contributed by atoms with van der Waals surface area (Å²) in [4.78, 5) is 1.15. The van der Waals surface area contributed by atoms with Gasteiger partial charge in [-0.2, -0.15) is 0 Å². The maximum absolute atomic E-state index is 14.3. The highest BCUT2D eigenvalue weighted by atomic mass is 32.1. The van der Waals surface area contributed by atoms with Crippen LogP contribution in [0.5, 0.6) is 0 Å². The Hall–Kier alpha value is -1.75. The molecule has 0 aliphatic carbocycles. The van der Waals surface area contributed by atoms with Gasteiger partial charge in [-0.15, -0.1) is 11.3 Å². The molecular formula is C25H33FO2S. The van der Waals surface area contributed by atoms with E-state index in [9.17, 15) is 9.50 Å². The van der Waals surface area contributed by atoms with Gasteiger partial charge in [0.05, 0.1) is 18.3 Å². The quantitative estimate of drug-likeness (QED) is 0.486. The highest BCUT2D eigenvalue weighted by molar-refractivity contribution is 7.19. The minimum Gasteiger partial charge on any atom is -0.393 e. The number of fused-ring (bicyclic) bond motifs is 1. The van der Waals surface area contributed by atoms with E-state index in [1.54, 1.807) is 17.4 Å². The molecule has 29 heavy (non-hydrogen) atoms. The maximum Gasteiger partial charge on any atom is 0.126 e. The highest BCUT2D eigenvalue weighted by Gasteiger charge is 2.27. The molecule has 0 bridgehead atoms. The largest absolute Gasteiger partial charge is 0.393 e. The summed E-state index contributed by atoms with van der Waals surface area (Å²) >= 11 is 1.71. The molecule has 0 amide bonds. The van der Waals surface area contributed by atoms with E-state index in [0.29, 0.717) is 24.8 Å². The first-order chi connectivity index (χ1) is 14.1. The average Bonchev–Trinajstić information content (AvgIpc) is 3.14. The summed E-state index contributed by atoms with van der Waals surface area (Å²) < 4.78 is 21.5. The van der Waals surface area contributed by atoms with Crippen molar-refractivity contribution in [2.24, 2.45) is 0 Å². The van der Waals surface area contributed by atoms with E-state index in [1.165, 1.54) is 16.2 Å². The van der Waals surface area contributed by atoms with Crippen LogP contribution in [-0.2, 0) is 11.2 Å². The predicted molar refractivity (Wildman–Crippen MR) is 122 cm³/mol. The van der Waals surface area contributed by atoms with Crippen molar-refractivity contribution in [3.8, 4) is 0 Å². The number of hydrogen-bond acceptors (Lipinski definition) is 3. The zero-order chi connectivity index (χ0) is 21.4. The molecule has 3 atom stereocenters. The van der Waals surface area contributed by atoms with Crippen molar-refractivity contribution in [3.05, 3.63) is 70.4 Å². The topological polar surface area (TPSA) is 29.5 Å². The number of aliphatic hydroxyl groups is 1. The number of aliphatic hydroxyl groups excluding tert-OH is 1. The second-order valence-corrected chi connectivity index (χ2v) is 8.01. The molecule has 0 saturated carbocycles. The fourth-order valence-electron chi connectivity index (χ4n) is 3.57. The van der Waals surface area contributed by atoms with Crippen LogP contribution in [0.1, 0.15) is 69.6 Å². The fourth-order valence-corrected chi connectivity index (χ4v) is 4.66. The molecule has 4 rings (SSSR count). The van der Waals surface area contributed by atoms with Crippen LogP contribution in [0.4, 0.5) is 4.39 Å². The lowest BCUT2D eigenvalue weighted by molar-refractivity contribution is -0.0895. The summed E-state index contributed by atoms with van der Waals surface area (Å²) in [5, 5.41) is 11.2. The first kappa shape index (κ1) is 23.5. The van der Waals surface area contributed by atoms with Gasteiger partial charge in [-0.1, -0.05) is 52.0 Å². The molecule has 1 aromatic heterocycles. The summed E-state index contributed by atoms with van der Waals surface area (Å²) in [5.74, 6) is -0.189. The maximum atomic E-state index is 14.3. The number of thiophene rings is 1. The number of ether oxygens (including phenoxy) is 1. The van der Waals surface area contributed by atoms with Crippen molar-refractivity contribution in [1.29, 1.82) is 0 Å². The van der Waals surface area contributed by atoms with E-state index in [0.717, 1.165) is 10.4 Å². The van der Waals surface area contributed by atoms with Crippen molar-refractivity contribution in [2.45, 2.75) is 72.2 Å². The SMILES string of the molecule is CC.CC.C[C@@H]1C[C@H](O)C[C@H](c2ccc(F)c(Cc3cc4ccccc4s3)c2)O1. The van der Waals surface area contributed by atoms with Gasteiger partial charge >= 0.3 is 0 Å². The van der Waals surface area contributed by atoms with Gasteiger partial charge in [-0.25, -0.2) is 4.39 Å². The van der Waals surface area contributed by atoms with Crippen molar-refractivity contribution in [1.82, 2.24) is 0 Å². The Morgan fingerprint density at radius 1 is 1.03 bits per heavy atom. The Bertz CT molecular complexity index is 846.